The highest BCUT2D eigenvalue weighted by atomic mass is 16.5. The van der Waals surface area contributed by atoms with E-state index in [9.17, 15) is 0 Å². The highest BCUT2D eigenvalue weighted by molar-refractivity contribution is 5.80. The predicted molar refractivity (Wildman–Crippen MR) is 92.4 cm³/mol. The lowest BCUT2D eigenvalue weighted by Crippen LogP contribution is -2.69. The Morgan fingerprint density at radius 3 is 2.50 bits per heavy atom. The molecule has 2 N–H and O–H groups in total. The number of guanidine groups is 1. The SMILES string of the molecule is CCNC(=NCCCCOCC)NC1CC(C)(OC)C1(C)C. The van der Waals surface area contributed by atoms with Crippen LogP contribution in [-0.2, 0) is 9.47 Å². The zero-order valence-electron chi connectivity index (χ0n) is 15.3. The third kappa shape index (κ3) is 4.59. The fourth-order valence-electron chi connectivity index (χ4n) is 2.86. The Balaban J connectivity index is 2.44. The molecular weight excluding hydrogens is 278 g/mol. The van der Waals surface area contributed by atoms with Gasteiger partial charge in [0.05, 0.1) is 5.60 Å². The van der Waals surface area contributed by atoms with Crippen molar-refractivity contribution in [3.05, 3.63) is 0 Å². The smallest absolute Gasteiger partial charge is 0.191 e. The summed E-state index contributed by atoms with van der Waals surface area (Å²) in [6.07, 6.45) is 3.12. The minimum atomic E-state index is -0.0561. The van der Waals surface area contributed by atoms with Gasteiger partial charge in [-0.05, 0) is 40.0 Å². The van der Waals surface area contributed by atoms with E-state index in [-0.39, 0.29) is 11.0 Å². The van der Waals surface area contributed by atoms with Gasteiger partial charge in [0.15, 0.2) is 5.96 Å². The summed E-state index contributed by atoms with van der Waals surface area (Å²) in [4.78, 5) is 4.67. The lowest BCUT2D eigenvalue weighted by Gasteiger charge is -2.59. The van der Waals surface area contributed by atoms with Crippen molar-refractivity contribution < 1.29 is 9.47 Å². The molecule has 1 fully saturated rings. The van der Waals surface area contributed by atoms with Crippen LogP contribution in [0, 0.1) is 5.41 Å². The first-order chi connectivity index (χ1) is 10.4. The van der Waals surface area contributed by atoms with Crippen LogP contribution in [-0.4, -0.2) is 51.0 Å². The Bertz CT molecular complexity index is 358. The number of nitrogens with zero attached hydrogens (tertiary/aromatic N) is 1. The second-order valence-corrected chi connectivity index (χ2v) is 6.72. The Hall–Kier alpha value is -0.810. The van der Waals surface area contributed by atoms with Crippen LogP contribution in [0.5, 0.6) is 0 Å². The number of rotatable bonds is 9. The third-order valence-corrected chi connectivity index (χ3v) is 5.10. The van der Waals surface area contributed by atoms with E-state index in [4.69, 9.17) is 9.47 Å². The average Bonchev–Trinajstić information content (AvgIpc) is 2.49. The number of hydrogen-bond donors (Lipinski definition) is 2. The summed E-state index contributed by atoms with van der Waals surface area (Å²) in [7, 11) is 1.80. The van der Waals surface area contributed by atoms with Gasteiger partial charge in [-0.3, -0.25) is 4.99 Å². The number of methoxy groups -OCH3 is 1. The third-order valence-electron chi connectivity index (χ3n) is 5.10. The Labute approximate surface area is 136 Å². The molecule has 5 heteroatoms. The Kier molecular flexibility index (Phi) is 7.63. The van der Waals surface area contributed by atoms with Crippen molar-refractivity contribution in [3.8, 4) is 0 Å². The van der Waals surface area contributed by atoms with E-state index in [0.717, 1.165) is 51.5 Å². The molecule has 1 saturated carbocycles. The summed E-state index contributed by atoms with van der Waals surface area (Å²) in [5, 5.41) is 6.90. The van der Waals surface area contributed by atoms with Crippen molar-refractivity contribution in [1.29, 1.82) is 0 Å². The number of ether oxygens (including phenoxy) is 2. The number of hydrogen-bond acceptors (Lipinski definition) is 3. The van der Waals surface area contributed by atoms with Gasteiger partial charge in [0.1, 0.15) is 0 Å². The summed E-state index contributed by atoms with van der Waals surface area (Å²) in [5.41, 5.74) is 0.0341. The van der Waals surface area contributed by atoms with Crippen molar-refractivity contribution in [2.75, 3.05) is 33.4 Å². The largest absolute Gasteiger partial charge is 0.382 e. The van der Waals surface area contributed by atoms with Crippen LogP contribution in [0.4, 0.5) is 0 Å². The van der Waals surface area contributed by atoms with E-state index in [1.165, 1.54) is 0 Å². The summed E-state index contributed by atoms with van der Waals surface area (Å²) < 4.78 is 11.0. The monoisotopic (exact) mass is 313 g/mol. The van der Waals surface area contributed by atoms with E-state index >= 15 is 0 Å². The molecular formula is C17H35N3O2. The van der Waals surface area contributed by atoms with Crippen molar-refractivity contribution in [2.24, 2.45) is 10.4 Å². The van der Waals surface area contributed by atoms with Crippen molar-refractivity contribution in [1.82, 2.24) is 10.6 Å². The first kappa shape index (κ1) is 19.2. The molecule has 0 amide bonds. The maximum atomic E-state index is 5.68. The molecule has 1 rings (SSSR count). The fraction of sp³-hybridized carbons (Fsp3) is 0.941. The van der Waals surface area contributed by atoms with Crippen LogP contribution < -0.4 is 10.6 Å². The van der Waals surface area contributed by atoms with Gasteiger partial charge in [0, 0.05) is 44.9 Å². The first-order valence-corrected chi connectivity index (χ1v) is 8.59. The van der Waals surface area contributed by atoms with Crippen LogP contribution >= 0.6 is 0 Å². The minimum absolute atomic E-state index is 0.0561. The predicted octanol–water partition coefficient (Wildman–Crippen LogP) is 2.56. The molecule has 0 aromatic heterocycles. The molecule has 22 heavy (non-hydrogen) atoms. The Morgan fingerprint density at radius 1 is 1.23 bits per heavy atom. The van der Waals surface area contributed by atoms with E-state index < -0.39 is 0 Å². The van der Waals surface area contributed by atoms with Gasteiger partial charge in [-0.25, -0.2) is 0 Å². The molecule has 0 heterocycles. The summed E-state index contributed by atoms with van der Waals surface area (Å²) in [6.45, 7) is 14.1. The molecule has 0 bridgehead atoms. The van der Waals surface area contributed by atoms with Crippen molar-refractivity contribution in [3.63, 3.8) is 0 Å². The molecule has 1 aliphatic carbocycles. The maximum Gasteiger partial charge on any atom is 0.191 e. The zero-order valence-corrected chi connectivity index (χ0v) is 15.3. The zero-order chi connectivity index (χ0) is 16.6. The standard InChI is InChI=1S/C17H35N3O2/c1-7-18-15(19-11-9-10-12-22-8-2)20-14-13-17(5,21-6)16(14,3)4/h14H,7-13H2,1-6H3,(H2,18,19,20). The molecule has 0 radical (unpaired) electrons. The van der Waals surface area contributed by atoms with E-state index in [1.807, 2.05) is 6.92 Å². The average molecular weight is 313 g/mol. The van der Waals surface area contributed by atoms with E-state index in [0.29, 0.717) is 6.04 Å². The lowest BCUT2D eigenvalue weighted by molar-refractivity contribution is -0.176. The molecule has 0 aliphatic heterocycles. The normalized spacial score (nSPS) is 27.4. The lowest BCUT2D eigenvalue weighted by atomic mass is 9.56. The topological polar surface area (TPSA) is 54.9 Å². The van der Waals surface area contributed by atoms with Crippen molar-refractivity contribution in [2.45, 2.75) is 65.5 Å². The van der Waals surface area contributed by atoms with Gasteiger partial charge >= 0.3 is 0 Å². The van der Waals surface area contributed by atoms with Crippen LogP contribution in [0.15, 0.2) is 4.99 Å². The second kappa shape index (κ2) is 8.73. The molecule has 5 nitrogen and oxygen atoms in total. The van der Waals surface area contributed by atoms with E-state index in [1.54, 1.807) is 7.11 Å². The van der Waals surface area contributed by atoms with Crippen molar-refractivity contribution >= 4 is 5.96 Å². The fourth-order valence-corrected chi connectivity index (χ4v) is 2.86. The first-order valence-electron chi connectivity index (χ1n) is 8.59. The number of unbranched alkanes of at least 4 members (excludes halogenated alkanes) is 1. The van der Waals surface area contributed by atoms with E-state index in [2.05, 4.69) is 43.3 Å². The molecule has 0 spiro atoms. The molecule has 0 aromatic rings. The van der Waals surface area contributed by atoms with Crippen LogP contribution in [0.3, 0.4) is 0 Å². The summed E-state index contributed by atoms with van der Waals surface area (Å²) in [5.74, 6) is 0.912. The van der Waals surface area contributed by atoms with Gasteiger partial charge in [0.2, 0.25) is 0 Å². The number of nitrogens with one attached hydrogen (secondary N) is 2. The van der Waals surface area contributed by atoms with Crippen LogP contribution in [0.2, 0.25) is 0 Å². The Morgan fingerprint density at radius 2 is 1.95 bits per heavy atom. The minimum Gasteiger partial charge on any atom is -0.382 e. The summed E-state index contributed by atoms with van der Waals surface area (Å²) in [6, 6.07) is 0.388. The van der Waals surface area contributed by atoms with Crippen LogP contribution in [0.1, 0.15) is 53.9 Å². The summed E-state index contributed by atoms with van der Waals surface area (Å²) >= 11 is 0. The highest BCUT2D eigenvalue weighted by Gasteiger charge is 2.58. The quantitative estimate of drug-likeness (QED) is 0.390. The molecule has 130 valence electrons. The molecule has 1 aliphatic rings. The second-order valence-electron chi connectivity index (χ2n) is 6.72. The molecule has 2 atom stereocenters. The van der Waals surface area contributed by atoms with Crippen LogP contribution in [0.25, 0.3) is 0 Å². The van der Waals surface area contributed by atoms with Gasteiger partial charge in [-0.2, -0.15) is 0 Å². The van der Waals surface area contributed by atoms with Gasteiger partial charge < -0.3 is 20.1 Å². The van der Waals surface area contributed by atoms with Gasteiger partial charge in [-0.15, -0.1) is 0 Å². The molecule has 0 aromatic carbocycles. The molecule has 2 unspecified atom stereocenters. The highest BCUT2D eigenvalue weighted by Crippen LogP contribution is 2.51. The van der Waals surface area contributed by atoms with Gasteiger partial charge in [-0.1, -0.05) is 13.8 Å². The molecule has 0 saturated heterocycles. The maximum absolute atomic E-state index is 5.68. The number of aliphatic imine (C=N–C) groups is 1. The van der Waals surface area contributed by atoms with Gasteiger partial charge in [0.25, 0.3) is 0 Å².